The molecule has 0 spiro atoms. The molecule has 0 aromatic heterocycles. The van der Waals surface area contributed by atoms with E-state index in [1.807, 2.05) is 30.3 Å². The summed E-state index contributed by atoms with van der Waals surface area (Å²) in [4.78, 5) is 0. The van der Waals surface area contributed by atoms with Crippen LogP contribution in [0.3, 0.4) is 0 Å². The maximum absolute atomic E-state index is 9.51. The van der Waals surface area contributed by atoms with Gasteiger partial charge in [0.25, 0.3) is 0 Å². The van der Waals surface area contributed by atoms with Crippen molar-refractivity contribution >= 4 is 23.2 Å². The van der Waals surface area contributed by atoms with Crippen molar-refractivity contribution in [3.05, 3.63) is 63.6 Å². The standard InChI is InChI=1S/C15H14Cl2O2/c1-10(18)12-3-2-4-13(8-12)19-9-11-5-6-14(16)15(17)7-11/h2-8,10,18H,9H2,1H3. The van der Waals surface area contributed by atoms with E-state index in [1.165, 1.54) is 0 Å². The van der Waals surface area contributed by atoms with Crippen LogP contribution in [0.25, 0.3) is 0 Å². The predicted molar refractivity (Wildman–Crippen MR) is 77.9 cm³/mol. The highest BCUT2D eigenvalue weighted by atomic mass is 35.5. The van der Waals surface area contributed by atoms with Gasteiger partial charge in [-0.05, 0) is 42.3 Å². The summed E-state index contributed by atoms with van der Waals surface area (Å²) in [7, 11) is 0. The summed E-state index contributed by atoms with van der Waals surface area (Å²) in [5.41, 5.74) is 1.77. The van der Waals surface area contributed by atoms with Gasteiger partial charge in [-0.3, -0.25) is 0 Å². The molecule has 19 heavy (non-hydrogen) atoms. The van der Waals surface area contributed by atoms with Crippen molar-refractivity contribution in [2.75, 3.05) is 0 Å². The van der Waals surface area contributed by atoms with E-state index >= 15 is 0 Å². The van der Waals surface area contributed by atoms with Gasteiger partial charge >= 0.3 is 0 Å². The van der Waals surface area contributed by atoms with Gasteiger partial charge in [-0.25, -0.2) is 0 Å². The van der Waals surface area contributed by atoms with Gasteiger partial charge in [-0.2, -0.15) is 0 Å². The van der Waals surface area contributed by atoms with Crippen molar-refractivity contribution in [1.29, 1.82) is 0 Å². The Bertz CT molecular complexity index is 568. The maximum atomic E-state index is 9.51. The first kappa shape index (κ1) is 14.2. The van der Waals surface area contributed by atoms with Crippen LogP contribution in [0.1, 0.15) is 24.2 Å². The van der Waals surface area contributed by atoms with Gasteiger partial charge in [0.15, 0.2) is 0 Å². The molecule has 1 unspecified atom stereocenters. The number of halogens is 2. The summed E-state index contributed by atoms with van der Waals surface area (Å²) < 4.78 is 5.66. The van der Waals surface area contributed by atoms with Gasteiger partial charge in [-0.1, -0.05) is 41.4 Å². The monoisotopic (exact) mass is 296 g/mol. The Balaban J connectivity index is 2.05. The quantitative estimate of drug-likeness (QED) is 0.891. The zero-order valence-electron chi connectivity index (χ0n) is 10.4. The van der Waals surface area contributed by atoms with E-state index in [4.69, 9.17) is 27.9 Å². The predicted octanol–water partition coefficient (Wildman–Crippen LogP) is 4.63. The van der Waals surface area contributed by atoms with Crippen LogP contribution in [0, 0.1) is 0 Å². The Labute approximate surface area is 122 Å². The van der Waals surface area contributed by atoms with Gasteiger partial charge in [0.2, 0.25) is 0 Å². The fourth-order valence-corrected chi connectivity index (χ4v) is 1.98. The lowest BCUT2D eigenvalue weighted by molar-refractivity contribution is 0.198. The summed E-state index contributed by atoms with van der Waals surface area (Å²) in [6.45, 7) is 2.12. The number of hydrogen-bond donors (Lipinski definition) is 1. The highest BCUT2D eigenvalue weighted by Crippen LogP contribution is 2.24. The number of benzene rings is 2. The van der Waals surface area contributed by atoms with Gasteiger partial charge in [0, 0.05) is 0 Å². The second-order valence-corrected chi connectivity index (χ2v) is 5.10. The lowest BCUT2D eigenvalue weighted by Gasteiger charge is -2.10. The Hall–Kier alpha value is -1.22. The molecule has 1 N–H and O–H groups in total. The highest BCUT2D eigenvalue weighted by molar-refractivity contribution is 6.42. The normalized spacial score (nSPS) is 12.2. The summed E-state index contributed by atoms with van der Waals surface area (Å²) in [5, 5.41) is 10.6. The number of rotatable bonds is 4. The Morgan fingerprint density at radius 2 is 1.89 bits per heavy atom. The Morgan fingerprint density at radius 1 is 1.11 bits per heavy atom. The van der Waals surface area contributed by atoms with E-state index in [1.54, 1.807) is 19.1 Å². The van der Waals surface area contributed by atoms with E-state index in [2.05, 4.69) is 0 Å². The molecule has 4 heteroatoms. The molecule has 0 fully saturated rings. The molecule has 2 rings (SSSR count). The van der Waals surface area contributed by atoms with Crippen LogP contribution in [0.2, 0.25) is 10.0 Å². The minimum absolute atomic E-state index is 0.403. The lowest BCUT2D eigenvalue weighted by Crippen LogP contribution is -1.97. The van der Waals surface area contributed by atoms with Gasteiger partial charge in [0.1, 0.15) is 12.4 Å². The summed E-state index contributed by atoms with van der Waals surface area (Å²) >= 11 is 11.8. The molecule has 0 saturated carbocycles. The van der Waals surface area contributed by atoms with E-state index < -0.39 is 6.10 Å². The maximum Gasteiger partial charge on any atom is 0.120 e. The molecule has 0 amide bonds. The van der Waals surface area contributed by atoms with Crippen LogP contribution in [-0.4, -0.2) is 5.11 Å². The third kappa shape index (κ3) is 3.87. The molecular formula is C15H14Cl2O2. The summed E-state index contributed by atoms with van der Waals surface area (Å²) in [5.74, 6) is 0.712. The minimum atomic E-state index is -0.506. The summed E-state index contributed by atoms with van der Waals surface area (Å²) in [6, 6.07) is 12.8. The lowest BCUT2D eigenvalue weighted by atomic mass is 10.1. The molecule has 0 bridgehead atoms. The summed E-state index contributed by atoms with van der Waals surface area (Å²) in [6.07, 6.45) is -0.506. The molecule has 2 aromatic carbocycles. The fourth-order valence-electron chi connectivity index (χ4n) is 1.66. The molecule has 0 heterocycles. The zero-order valence-corrected chi connectivity index (χ0v) is 11.9. The largest absolute Gasteiger partial charge is 0.489 e. The Morgan fingerprint density at radius 3 is 2.58 bits per heavy atom. The second kappa shape index (κ2) is 6.29. The third-order valence-electron chi connectivity index (χ3n) is 2.73. The Kier molecular flexibility index (Phi) is 4.70. The van der Waals surface area contributed by atoms with E-state index in [0.717, 1.165) is 11.1 Å². The van der Waals surface area contributed by atoms with Crippen molar-refractivity contribution in [2.45, 2.75) is 19.6 Å². The number of aliphatic hydroxyl groups excluding tert-OH is 1. The van der Waals surface area contributed by atoms with Crippen molar-refractivity contribution in [3.63, 3.8) is 0 Å². The first-order valence-electron chi connectivity index (χ1n) is 5.91. The van der Waals surface area contributed by atoms with Gasteiger partial charge < -0.3 is 9.84 Å². The van der Waals surface area contributed by atoms with Crippen molar-refractivity contribution in [1.82, 2.24) is 0 Å². The smallest absolute Gasteiger partial charge is 0.120 e. The number of aliphatic hydroxyl groups is 1. The molecule has 0 radical (unpaired) electrons. The molecule has 100 valence electrons. The number of ether oxygens (including phenoxy) is 1. The van der Waals surface area contributed by atoms with Crippen molar-refractivity contribution in [3.8, 4) is 5.75 Å². The average molecular weight is 297 g/mol. The molecule has 0 saturated heterocycles. The van der Waals surface area contributed by atoms with Crippen molar-refractivity contribution < 1.29 is 9.84 Å². The van der Waals surface area contributed by atoms with Crippen LogP contribution in [0.15, 0.2) is 42.5 Å². The topological polar surface area (TPSA) is 29.5 Å². The molecule has 2 aromatic rings. The molecule has 0 aliphatic carbocycles. The van der Waals surface area contributed by atoms with Crippen LogP contribution in [0.5, 0.6) is 5.75 Å². The van der Waals surface area contributed by atoms with Crippen molar-refractivity contribution in [2.24, 2.45) is 0 Å². The van der Waals surface area contributed by atoms with E-state index in [-0.39, 0.29) is 0 Å². The molecule has 1 atom stereocenters. The number of hydrogen-bond acceptors (Lipinski definition) is 2. The second-order valence-electron chi connectivity index (χ2n) is 4.29. The average Bonchev–Trinajstić information content (AvgIpc) is 2.40. The SMILES string of the molecule is CC(O)c1cccc(OCc2ccc(Cl)c(Cl)c2)c1. The van der Waals surface area contributed by atoms with Gasteiger partial charge in [0.05, 0.1) is 16.1 Å². The van der Waals surface area contributed by atoms with Crippen LogP contribution < -0.4 is 4.74 Å². The molecule has 0 aliphatic rings. The fraction of sp³-hybridized carbons (Fsp3) is 0.200. The molecule has 2 nitrogen and oxygen atoms in total. The van der Waals surface area contributed by atoms with Crippen LogP contribution in [-0.2, 0) is 6.61 Å². The van der Waals surface area contributed by atoms with Crippen LogP contribution >= 0.6 is 23.2 Å². The minimum Gasteiger partial charge on any atom is -0.489 e. The van der Waals surface area contributed by atoms with Crippen LogP contribution in [0.4, 0.5) is 0 Å². The zero-order chi connectivity index (χ0) is 13.8. The first-order valence-corrected chi connectivity index (χ1v) is 6.66. The highest BCUT2D eigenvalue weighted by Gasteiger charge is 2.04. The van der Waals surface area contributed by atoms with E-state index in [9.17, 15) is 5.11 Å². The molecule has 0 aliphatic heterocycles. The first-order chi connectivity index (χ1) is 9.06. The third-order valence-corrected chi connectivity index (χ3v) is 3.47. The van der Waals surface area contributed by atoms with E-state index in [0.29, 0.717) is 22.4 Å². The molecular weight excluding hydrogens is 283 g/mol. The van der Waals surface area contributed by atoms with Gasteiger partial charge in [-0.15, -0.1) is 0 Å².